The Hall–Kier alpha value is -2.75. The minimum absolute atomic E-state index is 0.00625. The zero-order chi connectivity index (χ0) is 23.2. The van der Waals surface area contributed by atoms with Crippen LogP contribution in [0.2, 0.25) is 0 Å². The largest absolute Gasteiger partial charge is 0.266 e. The second-order valence-electron chi connectivity index (χ2n) is 7.43. The summed E-state index contributed by atoms with van der Waals surface area (Å²) in [5.74, 6) is -0.00625. The van der Waals surface area contributed by atoms with E-state index in [2.05, 4.69) is 9.71 Å². The second kappa shape index (κ2) is 10.2. The van der Waals surface area contributed by atoms with Gasteiger partial charge in [-0.3, -0.25) is 9.29 Å². The summed E-state index contributed by atoms with van der Waals surface area (Å²) >= 11 is 0. The lowest BCUT2D eigenvalue weighted by atomic mass is 10.0. The van der Waals surface area contributed by atoms with Crippen LogP contribution in [0.15, 0.2) is 73.1 Å². The van der Waals surface area contributed by atoms with Gasteiger partial charge in [0.15, 0.2) is 0 Å². The maximum atomic E-state index is 12.8. The summed E-state index contributed by atoms with van der Waals surface area (Å²) in [5, 5.41) is 0. The van der Waals surface area contributed by atoms with Crippen molar-refractivity contribution in [3.05, 3.63) is 84.2 Å². The predicted molar refractivity (Wildman–Crippen MR) is 128 cm³/mol. The molecule has 0 saturated heterocycles. The van der Waals surface area contributed by atoms with Gasteiger partial charge >= 0.3 is 0 Å². The van der Waals surface area contributed by atoms with Crippen molar-refractivity contribution >= 4 is 25.7 Å². The van der Waals surface area contributed by atoms with Crippen molar-refractivity contribution in [1.82, 2.24) is 9.71 Å². The van der Waals surface area contributed by atoms with E-state index in [1.165, 1.54) is 4.31 Å². The van der Waals surface area contributed by atoms with E-state index in [1.807, 2.05) is 48.5 Å². The number of aromatic nitrogens is 1. The van der Waals surface area contributed by atoms with Gasteiger partial charge < -0.3 is 0 Å². The molecule has 1 aromatic heterocycles. The number of hydrogen-bond acceptors (Lipinski definition) is 5. The number of nitrogens with zero attached hydrogens (tertiary/aromatic N) is 2. The Labute approximate surface area is 190 Å². The van der Waals surface area contributed by atoms with Crippen LogP contribution in [0.5, 0.6) is 0 Å². The smallest absolute Gasteiger partial charge is 0.235 e. The van der Waals surface area contributed by atoms with Crippen LogP contribution < -0.4 is 9.03 Å². The molecule has 0 aliphatic carbocycles. The maximum absolute atomic E-state index is 12.8. The molecule has 1 N–H and O–H groups in total. The van der Waals surface area contributed by atoms with Crippen molar-refractivity contribution in [3.8, 4) is 11.1 Å². The molecular weight excluding hydrogens is 446 g/mol. The van der Waals surface area contributed by atoms with E-state index in [4.69, 9.17) is 0 Å². The Bertz CT molecular complexity index is 1240. The van der Waals surface area contributed by atoms with Crippen LogP contribution in [0, 0.1) is 0 Å². The molecule has 1 heterocycles. The van der Waals surface area contributed by atoms with E-state index in [1.54, 1.807) is 31.5 Å². The molecule has 0 radical (unpaired) electrons. The monoisotopic (exact) mass is 473 g/mol. The number of sulfonamides is 2. The van der Waals surface area contributed by atoms with Crippen molar-refractivity contribution in [2.45, 2.75) is 19.9 Å². The van der Waals surface area contributed by atoms with Crippen LogP contribution in [0.4, 0.5) is 5.69 Å². The zero-order valence-corrected chi connectivity index (χ0v) is 19.7. The summed E-state index contributed by atoms with van der Waals surface area (Å²) < 4.78 is 51.9. The molecule has 0 aliphatic heterocycles. The Morgan fingerprint density at radius 2 is 1.66 bits per heavy atom. The van der Waals surface area contributed by atoms with Gasteiger partial charge in [-0.25, -0.2) is 21.6 Å². The highest BCUT2D eigenvalue weighted by molar-refractivity contribution is 7.92. The molecule has 0 aliphatic rings. The SMILES string of the molecule is CCS(=O)(=O)N(Cc1cccnc1)c1cccc(-c2ccc(CCNS(C)(=O)=O)cc2)c1. The average Bonchev–Trinajstić information content (AvgIpc) is 2.78. The Kier molecular flexibility index (Phi) is 7.65. The van der Waals surface area contributed by atoms with Crippen LogP contribution in [-0.4, -0.2) is 40.4 Å². The highest BCUT2D eigenvalue weighted by Crippen LogP contribution is 2.28. The fraction of sp³-hybridized carbons (Fsp3) is 0.261. The molecule has 0 bridgehead atoms. The first-order valence-electron chi connectivity index (χ1n) is 10.2. The van der Waals surface area contributed by atoms with Crippen molar-refractivity contribution < 1.29 is 16.8 Å². The van der Waals surface area contributed by atoms with Gasteiger partial charge in [-0.1, -0.05) is 42.5 Å². The van der Waals surface area contributed by atoms with E-state index < -0.39 is 20.0 Å². The topological polar surface area (TPSA) is 96.4 Å². The minimum Gasteiger partial charge on any atom is -0.266 e. The quantitative estimate of drug-likeness (QED) is 0.488. The van der Waals surface area contributed by atoms with Gasteiger partial charge in [-0.05, 0) is 53.8 Å². The molecular formula is C23H27N3O4S2. The molecule has 3 aromatic rings. The highest BCUT2D eigenvalue weighted by atomic mass is 32.2. The van der Waals surface area contributed by atoms with Crippen LogP contribution in [0.25, 0.3) is 11.1 Å². The van der Waals surface area contributed by atoms with E-state index in [-0.39, 0.29) is 12.3 Å². The molecule has 32 heavy (non-hydrogen) atoms. The summed E-state index contributed by atoms with van der Waals surface area (Å²) in [4.78, 5) is 4.09. The Morgan fingerprint density at radius 3 is 2.28 bits per heavy atom. The van der Waals surface area contributed by atoms with Crippen LogP contribution in [0.3, 0.4) is 0 Å². The molecule has 9 heteroatoms. The van der Waals surface area contributed by atoms with Gasteiger partial charge in [0.1, 0.15) is 0 Å². The van der Waals surface area contributed by atoms with Gasteiger partial charge in [-0.15, -0.1) is 0 Å². The number of nitrogens with one attached hydrogen (secondary N) is 1. The molecule has 7 nitrogen and oxygen atoms in total. The van der Waals surface area contributed by atoms with Crippen LogP contribution in [0.1, 0.15) is 18.1 Å². The molecule has 2 aromatic carbocycles. The lowest BCUT2D eigenvalue weighted by Gasteiger charge is -2.24. The first-order chi connectivity index (χ1) is 15.2. The van der Waals surface area contributed by atoms with Gasteiger partial charge in [0, 0.05) is 18.9 Å². The van der Waals surface area contributed by atoms with Crippen LogP contribution in [-0.2, 0) is 33.0 Å². The molecule has 0 amide bonds. The van der Waals surface area contributed by atoms with Crippen molar-refractivity contribution in [3.63, 3.8) is 0 Å². The Morgan fingerprint density at radius 1 is 0.906 bits per heavy atom. The third-order valence-corrected chi connectivity index (χ3v) is 7.42. The summed E-state index contributed by atoms with van der Waals surface area (Å²) in [6.07, 6.45) is 5.05. The predicted octanol–water partition coefficient (Wildman–Crippen LogP) is 3.20. The summed E-state index contributed by atoms with van der Waals surface area (Å²) in [5.41, 5.74) is 4.25. The van der Waals surface area contributed by atoms with Gasteiger partial charge in [0.2, 0.25) is 20.0 Å². The third-order valence-electron chi connectivity index (χ3n) is 4.95. The fourth-order valence-corrected chi connectivity index (χ4v) is 4.81. The van der Waals surface area contributed by atoms with Crippen molar-refractivity contribution in [1.29, 1.82) is 0 Å². The molecule has 0 atom stereocenters. The van der Waals surface area contributed by atoms with Gasteiger partial charge in [0.25, 0.3) is 0 Å². The lowest BCUT2D eigenvalue weighted by Crippen LogP contribution is -2.31. The summed E-state index contributed by atoms with van der Waals surface area (Å²) in [7, 11) is -6.69. The lowest BCUT2D eigenvalue weighted by molar-refractivity contribution is 0.587. The van der Waals surface area contributed by atoms with E-state index in [9.17, 15) is 16.8 Å². The fourth-order valence-electron chi connectivity index (χ4n) is 3.25. The van der Waals surface area contributed by atoms with Crippen molar-refractivity contribution in [2.24, 2.45) is 0 Å². The molecule has 0 spiro atoms. The van der Waals surface area contributed by atoms with E-state index >= 15 is 0 Å². The first kappa shape index (κ1) is 23.9. The maximum Gasteiger partial charge on any atom is 0.235 e. The third kappa shape index (κ3) is 6.62. The summed E-state index contributed by atoms with van der Waals surface area (Å²) in [6, 6.07) is 18.9. The number of rotatable bonds is 10. The van der Waals surface area contributed by atoms with Gasteiger partial charge in [0.05, 0.1) is 24.2 Å². The molecule has 3 rings (SSSR count). The minimum atomic E-state index is -3.49. The molecule has 0 saturated carbocycles. The second-order valence-corrected chi connectivity index (χ2v) is 11.4. The molecule has 0 fully saturated rings. The Balaban J connectivity index is 1.84. The van der Waals surface area contributed by atoms with Crippen LogP contribution >= 0.6 is 0 Å². The number of hydrogen-bond donors (Lipinski definition) is 1. The van der Waals surface area contributed by atoms with Crippen molar-refractivity contribution in [2.75, 3.05) is 22.9 Å². The standard InChI is InChI=1S/C23H27N3O4S2/c1-3-32(29,30)26(18-20-6-5-14-24-17-20)23-8-4-7-22(16-23)21-11-9-19(10-12-21)13-15-25-31(2,27)28/h4-12,14,16-17,25H,3,13,15,18H2,1-2H3. The molecule has 0 unspecified atom stereocenters. The molecule has 170 valence electrons. The first-order valence-corrected chi connectivity index (χ1v) is 13.7. The number of anilines is 1. The van der Waals surface area contributed by atoms with E-state index in [0.29, 0.717) is 18.7 Å². The van der Waals surface area contributed by atoms with Gasteiger partial charge in [-0.2, -0.15) is 0 Å². The normalized spacial score (nSPS) is 11.9. The van der Waals surface area contributed by atoms with E-state index in [0.717, 1.165) is 28.5 Å². The zero-order valence-electron chi connectivity index (χ0n) is 18.1. The number of pyridine rings is 1. The number of benzene rings is 2. The summed E-state index contributed by atoms with van der Waals surface area (Å²) in [6.45, 7) is 2.18. The highest BCUT2D eigenvalue weighted by Gasteiger charge is 2.21. The average molecular weight is 474 g/mol.